The van der Waals surface area contributed by atoms with E-state index in [1.165, 1.54) is 6.42 Å². The maximum Gasteiger partial charge on any atom is 0.232 e. The van der Waals surface area contributed by atoms with Crippen LogP contribution in [0.4, 0.5) is 0 Å². The molecular formula is C18H24ClN3O2S. The highest BCUT2D eigenvalue weighted by Crippen LogP contribution is 2.29. The molecule has 25 heavy (non-hydrogen) atoms. The average molecular weight is 382 g/mol. The number of carbonyl (C=O) groups excluding carboxylic acids is 1. The molecular weight excluding hydrogens is 358 g/mol. The van der Waals surface area contributed by atoms with Gasteiger partial charge < -0.3 is 9.72 Å². The zero-order valence-corrected chi connectivity index (χ0v) is 16.1. The van der Waals surface area contributed by atoms with E-state index in [0.717, 1.165) is 18.5 Å². The quantitative estimate of drug-likeness (QED) is 0.865. The van der Waals surface area contributed by atoms with Crippen molar-refractivity contribution in [2.24, 2.45) is 11.8 Å². The van der Waals surface area contributed by atoms with Gasteiger partial charge in [0.2, 0.25) is 5.91 Å². The zero-order chi connectivity index (χ0) is 18.0. The largest absolute Gasteiger partial charge is 0.352 e. The van der Waals surface area contributed by atoms with Gasteiger partial charge in [0.05, 0.1) is 16.5 Å². The van der Waals surface area contributed by atoms with E-state index in [1.54, 1.807) is 16.7 Å². The van der Waals surface area contributed by atoms with E-state index in [0.29, 0.717) is 22.6 Å². The molecule has 7 heteroatoms. The highest BCUT2D eigenvalue weighted by molar-refractivity contribution is 7.84. The number of hydrogen-bond donors (Lipinski definition) is 1. The fraction of sp³-hybridized carbons (Fsp3) is 0.556. The molecule has 0 unspecified atom stereocenters. The van der Waals surface area contributed by atoms with Crippen molar-refractivity contribution in [3.63, 3.8) is 0 Å². The first-order chi connectivity index (χ1) is 11.9. The van der Waals surface area contributed by atoms with Gasteiger partial charge in [-0.2, -0.15) is 0 Å². The number of aromatic nitrogens is 2. The van der Waals surface area contributed by atoms with E-state index in [4.69, 9.17) is 11.6 Å². The number of halogens is 1. The predicted octanol–water partition coefficient (Wildman–Crippen LogP) is 3.18. The summed E-state index contributed by atoms with van der Waals surface area (Å²) in [6.07, 6.45) is 6.94. The van der Waals surface area contributed by atoms with Gasteiger partial charge in [0, 0.05) is 29.2 Å². The van der Waals surface area contributed by atoms with E-state index < -0.39 is 10.8 Å². The lowest BCUT2D eigenvalue weighted by Gasteiger charge is -2.34. The van der Waals surface area contributed by atoms with Crippen LogP contribution in [0.25, 0.3) is 5.65 Å². The molecule has 3 rings (SSSR count). The first kappa shape index (κ1) is 18.4. The van der Waals surface area contributed by atoms with Crippen LogP contribution in [-0.2, 0) is 21.3 Å². The van der Waals surface area contributed by atoms with Crippen LogP contribution in [0.15, 0.2) is 24.5 Å². The Morgan fingerprint density at radius 2 is 2.16 bits per heavy atom. The summed E-state index contributed by atoms with van der Waals surface area (Å²) in [5.41, 5.74) is 1.46. The third-order valence-electron chi connectivity index (χ3n) is 5.12. The molecule has 1 aliphatic rings. The van der Waals surface area contributed by atoms with Crippen molar-refractivity contribution in [3.05, 3.63) is 35.2 Å². The lowest BCUT2D eigenvalue weighted by molar-refractivity contribution is -0.120. The van der Waals surface area contributed by atoms with Crippen LogP contribution in [0.5, 0.6) is 0 Å². The van der Waals surface area contributed by atoms with Gasteiger partial charge in [0.1, 0.15) is 11.4 Å². The minimum atomic E-state index is -1.28. The van der Waals surface area contributed by atoms with Crippen LogP contribution in [0.2, 0.25) is 5.02 Å². The van der Waals surface area contributed by atoms with Gasteiger partial charge in [-0.1, -0.05) is 38.3 Å². The second-order valence-electron chi connectivity index (χ2n) is 7.01. The minimum absolute atomic E-state index is 0.0201. The average Bonchev–Trinajstić information content (AvgIpc) is 2.92. The summed E-state index contributed by atoms with van der Waals surface area (Å²) in [7, 11) is -1.28. The standard InChI is InChI=1S/C18H24ClN3O2S/c1-12-4-3-5-16(13(12)2)21-18(23)11-25(24)10-15-9-22-8-14(19)6-7-17(22)20-15/h6-9,12-13,16H,3-5,10-11H2,1-2H3,(H,21,23)/t12-,13+,16+,25+/m1/s1. The maximum absolute atomic E-state index is 12.3. The first-order valence-electron chi connectivity index (χ1n) is 8.70. The normalized spacial score (nSPS) is 25.0. The highest BCUT2D eigenvalue weighted by atomic mass is 35.5. The van der Waals surface area contributed by atoms with Crippen molar-refractivity contribution < 1.29 is 9.00 Å². The van der Waals surface area contributed by atoms with E-state index >= 15 is 0 Å². The number of hydrogen-bond acceptors (Lipinski definition) is 3. The van der Waals surface area contributed by atoms with Crippen molar-refractivity contribution in [1.82, 2.24) is 14.7 Å². The van der Waals surface area contributed by atoms with Gasteiger partial charge in [0.25, 0.3) is 0 Å². The molecule has 1 fully saturated rings. The molecule has 136 valence electrons. The van der Waals surface area contributed by atoms with Crippen molar-refractivity contribution >= 4 is 34.0 Å². The van der Waals surface area contributed by atoms with E-state index in [9.17, 15) is 9.00 Å². The Morgan fingerprint density at radius 3 is 2.96 bits per heavy atom. The molecule has 1 saturated carbocycles. The van der Waals surface area contributed by atoms with Crippen molar-refractivity contribution in [1.29, 1.82) is 0 Å². The van der Waals surface area contributed by atoms with E-state index in [2.05, 4.69) is 24.1 Å². The minimum Gasteiger partial charge on any atom is -0.352 e. The van der Waals surface area contributed by atoms with Crippen molar-refractivity contribution in [2.75, 3.05) is 5.75 Å². The SMILES string of the molecule is C[C@H]1[C@H](C)CCC[C@@H]1NC(=O)C[S@@](=O)Cc1cn2cc(Cl)ccc2n1. The Labute approximate surface area is 155 Å². The number of carbonyl (C=O) groups is 1. The van der Waals surface area contributed by atoms with Gasteiger partial charge in [-0.25, -0.2) is 4.98 Å². The number of rotatable bonds is 5. The Kier molecular flexibility index (Phi) is 5.79. The van der Waals surface area contributed by atoms with E-state index in [-0.39, 0.29) is 23.5 Å². The monoisotopic (exact) mass is 381 g/mol. The summed E-state index contributed by atoms with van der Waals surface area (Å²) in [6, 6.07) is 3.78. The van der Waals surface area contributed by atoms with Crippen LogP contribution >= 0.6 is 11.6 Å². The third kappa shape index (κ3) is 4.61. The Balaban J connectivity index is 1.55. The number of nitrogens with one attached hydrogen (secondary N) is 1. The molecule has 5 nitrogen and oxygen atoms in total. The second kappa shape index (κ2) is 7.87. The maximum atomic E-state index is 12.3. The fourth-order valence-electron chi connectivity index (χ4n) is 3.48. The van der Waals surface area contributed by atoms with Gasteiger partial charge in [-0.15, -0.1) is 0 Å². The number of imidazole rings is 1. The Hall–Kier alpha value is -1.40. The first-order valence-corrected chi connectivity index (χ1v) is 10.6. The number of nitrogens with zero attached hydrogens (tertiary/aromatic N) is 2. The van der Waals surface area contributed by atoms with Crippen molar-refractivity contribution in [3.8, 4) is 0 Å². The molecule has 0 aliphatic heterocycles. The fourth-order valence-corrected chi connectivity index (χ4v) is 4.60. The molecule has 0 saturated heterocycles. The number of fused-ring (bicyclic) bond motifs is 1. The molecule has 0 aromatic carbocycles. The Bertz CT molecular complexity index is 792. The lowest BCUT2D eigenvalue weighted by atomic mass is 9.78. The molecule has 1 amide bonds. The summed E-state index contributed by atoms with van der Waals surface area (Å²) < 4.78 is 14.1. The zero-order valence-electron chi connectivity index (χ0n) is 14.6. The second-order valence-corrected chi connectivity index (χ2v) is 8.91. The summed E-state index contributed by atoms with van der Waals surface area (Å²) in [5.74, 6) is 1.25. The molecule has 2 aromatic rings. The molecule has 0 radical (unpaired) electrons. The molecule has 0 spiro atoms. The number of amides is 1. The molecule has 1 N–H and O–H groups in total. The molecule has 0 bridgehead atoms. The predicted molar refractivity (Wildman–Crippen MR) is 101 cm³/mol. The topological polar surface area (TPSA) is 63.5 Å². The number of pyridine rings is 1. The molecule has 2 aromatic heterocycles. The van der Waals surface area contributed by atoms with Crippen LogP contribution in [0.1, 0.15) is 38.8 Å². The Morgan fingerprint density at radius 1 is 1.36 bits per heavy atom. The lowest BCUT2D eigenvalue weighted by Crippen LogP contribution is -2.45. The highest BCUT2D eigenvalue weighted by Gasteiger charge is 2.28. The third-order valence-corrected chi connectivity index (χ3v) is 6.54. The van der Waals surface area contributed by atoms with Crippen LogP contribution in [0, 0.1) is 11.8 Å². The smallest absolute Gasteiger partial charge is 0.232 e. The molecule has 1 aliphatic carbocycles. The summed E-state index contributed by atoms with van der Waals surface area (Å²) in [4.78, 5) is 16.7. The van der Waals surface area contributed by atoms with Crippen LogP contribution in [0.3, 0.4) is 0 Å². The summed E-state index contributed by atoms with van der Waals surface area (Å²) >= 11 is 5.96. The summed E-state index contributed by atoms with van der Waals surface area (Å²) in [6.45, 7) is 4.42. The summed E-state index contributed by atoms with van der Waals surface area (Å²) in [5, 5.41) is 3.69. The van der Waals surface area contributed by atoms with Crippen LogP contribution < -0.4 is 5.32 Å². The van der Waals surface area contributed by atoms with Crippen LogP contribution in [-0.4, -0.2) is 31.3 Å². The van der Waals surface area contributed by atoms with Crippen molar-refractivity contribution in [2.45, 2.75) is 44.9 Å². The van der Waals surface area contributed by atoms with E-state index in [1.807, 2.05) is 12.3 Å². The van der Waals surface area contributed by atoms with Gasteiger partial charge in [0.15, 0.2) is 0 Å². The van der Waals surface area contributed by atoms with Gasteiger partial charge in [-0.05, 0) is 30.4 Å². The molecule has 4 atom stereocenters. The van der Waals surface area contributed by atoms with Gasteiger partial charge >= 0.3 is 0 Å². The van der Waals surface area contributed by atoms with Gasteiger partial charge in [-0.3, -0.25) is 9.00 Å². The molecule has 2 heterocycles.